The number of halogens is 2. The Morgan fingerprint density at radius 1 is 1.12 bits per heavy atom. The third-order valence-corrected chi connectivity index (χ3v) is 4.06. The molecule has 2 rings (SSSR count). The number of urea groups is 1. The lowest BCUT2D eigenvalue weighted by atomic mass is 10.2. The Labute approximate surface area is 148 Å². The van der Waals surface area contributed by atoms with E-state index in [1.807, 2.05) is 0 Å². The molecule has 0 aliphatic heterocycles. The first-order chi connectivity index (χ1) is 12.0. The number of thioether (sulfide) groups is 1. The fourth-order valence-corrected chi connectivity index (χ4v) is 2.80. The molecule has 0 heterocycles. The van der Waals surface area contributed by atoms with Gasteiger partial charge < -0.3 is 20.1 Å². The molecule has 2 aromatic carbocycles. The van der Waals surface area contributed by atoms with E-state index in [2.05, 4.69) is 10.6 Å². The van der Waals surface area contributed by atoms with Gasteiger partial charge in [-0.2, -0.15) is 8.78 Å². The van der Waals surface area contributed by atoms with Crippen LogP contribution in [0.25, 0.3) is 0 Å². The molecule has 0 spiro atoms. The summed E-state index contributed by atoms with van der Waals surface area (Å²) in [6.07, 6.45) is 0. The van der Waals surface area contributed by atoms with Gasteiger partial charge in [-0.25, -0.2) is 4.79 Å². The number of para-hydroxylation sites is 2. The normalized spacial score (nSPS) is 10.4. The number of benzene rings is 2. The van der Waals surface area contributed by atoms with Crippen LogP contribution in [0.3, 0.4) is 0 Å². The maximum absolute atomic E-state index is 12.6. The number of ether oxygens (including phenoxy) is 2. The average Bonchev–Trinajstić information content (AvgIpc) is 2.60. The first-order valence-corrected chi connectivity index (χ1v) is 8.21. The maximum Gasteiger partial charge on any atom is 0.319 e. The zero-order valence-electron chi connectivity index (χ0n) is 13.7. The first kappa shape index (κ1) is 18.9. The standard InChI is InChI=1S/C17H18F2N2O3S/c1-23-13-8-5-6-11(15(13)24-2)10-20-17(22)21-12-7-3-4-9-14(12)25-16(18)19/h3-9,16H,10H2,1-2H3,(H2,20,21,22). The van der Waals surface area contributed by atoms with Gasteiger partial charge in [-0.1, -0.05) is 36.0 Å². The van der Waals surface area contributed by atoms with Crippen molar-refractivity contribution in [3.8, 4) is 11.5 Å². The summed E-state index contributed by atoms with van der Waals surface area (Å²) >= 11 is 0.380. The number of anilines is 1. The largest absolute Gasteiger partial charge is 0.493 e. The molecule has 0 saturated carbocycles. The fourth-order valence-electron chi connectivity index (χ4n) is 2.20. The van der Waals surface area contributed by atoms with Crippen LogP contribution in [0.1, 0.15) is 5.56 Å². The number of hydrogen-bond acceptors (Lipinski definition) is 4. The smallest absolute Gasteiger partial charge is 0.319 e. The predicted molar refractivity (Wildman–Crippen MR) is 93.7 cm³/mol. The van der Waals surface area contributed by atoms with Gasteiger partial charge >= 0.3 is 6.03 Å². The molecule has 0 aliphatic rings. The van der Waals surface area contributed by atoms with E-state index < -0.39 is 11.8 Å². The Balaban J connectivity index is 2.03. The number of carbonyl (C=O) groups is 1. The van der Waals surface area contributed by atoms with Gasteiger partial charge in [-0.15, -0.1) is 0 Å². The molecule has 0 radical (unpaired) electrons. The molecule has 0 unspecified atom stereocenters. The molecular weight excluding hydrogens is 350 g/mol. The Kier molecular flexibility index (Phi) is 6.88. The van der Waals surface area contributed by atoms with E-state index in [4.69, 9.17) is 9.47 Å². The molecule has 25 heavy (non-hydrogen) atoms. The van der Waals surface area contributed by atoms with Crippen LogP contribution < -0.4 is 20.1 Å². The minimum atomic E-state index is -2.56. The lowest BCUT2D eigenvalue weighted by Gasteiger charge is -2.14. The second-order valence-corrected chi connectivity index (χ2v) is 5.87. The monoisotopic (exact) mass is 368 g/mol. The van der Waals surface area contributed by atoms with Crippen LogP contribution in [0.2, 0.25) is 0 Å². The number of alkyl halides is 2. The van der Waals surface area contributed by atoms with Crippen LogP contribution in [0.5, 0.6) is 11.5 Å². The molecule has 0 saturated heterocycles. The minimum absolute atomic E-state index is 0.191. The van der Waals surface area contributed by atoms with Crippen LogP contribution in [0.15, 0.2) is 47.4 Å². The maximum atomic E-state index is 12.6. The summed E-state index contributed by atoms with van der Waals surface area (Å²) in [5.41, 5.74) is 1.05. The molecule has 2 N–H and O–H groups in total. The van der Waals surface area contributed by atoms with E-state index in [-0.39, 0.29) is 6.54 Å². The van der Waals surface area contributed by atoms with Crippen molar-refractivity contribution in [3.05, 3.63) is 48.0 Å². The highest BCUT2D eigenvalue weighted by atomic mass is 32.2. The van der Waals surface area contributed by atoms with Gasteiger partial charge in [0.25, 0.3) is 5.76 Å². The minimum Gasteiger partial charge on any atom is -0.493 e. The second-order valence-electron chi connectivity index (χ2n) is 4.83. The third-order valence-electron chi connectivity index (χ3n) is 3.28. The average molecular weight is 368 g/mol. The van der Waals surface area contributed by atoms with Gasteiger partial charge in [0.2, 0.25) is 0 Å². The predicted octanol–water partition coefficient (Wildman–Crippen LogP) is 4.34. The number of amides is 2. The van der Waals surface area contributed by atoms with E-state index in [0.29, 0.717) is 33.8 Å². The number of carbonyl (C=O) groups excluding carboxylic acids is 1. The van der Waals surface area contributed by atoms with E-state index in [9.17, 15) is 13.6 Å². The molecular formula is C17H18F2N2O3S. The first-order valence-electron chi connectivity index (χ1n) is 7.33. The van der Waals surface area contributed by atoms with Crippen molar-refractivity contribution in [2.75, 3.05) is 19.5 Å². The fraction of sp³-hybridized carbons (Fsp3) is 0.235. The van der Waals surface area contributed by atoms with E-state index >= 15 is 0 Å². The quantitative estimate of drug-likeness (QED) is 0.714. The van der Waals surface area contributed by atoms with Gasteiger partial charge in [0.1, 0.15) is 0 Å². The highest BCUT2D eigenvalue weighted by molar-refractivity contribution is 7.99. The van der Waals surface area contributed by atoms with Gasteiger partial charge in [0, 0.05) is 17.0 Å². The van der Waals surface area contributed by atoms with Crippen molar-refractivity contribution < 1.29 is 23.0 Å². The molecule has 2 aromatic rings. The van der Waals surface area contributed by atoms with Crippen molar-refractivity contribution in [2.24, 2.45) is 0 Å². The summed E-state index contributed by atoms with van der Waals surface area (Å²) < 4.78 is 35.6. The van der Waals surface area contributed by atoms with Gasteiger partial charge in [0.05, 0.1) is 19.9 Å². The Morgan fingerprint density at radius 3 is 2.56 bits per heavy atom. The summed E-state index contributed by atoms with van der Waals surface area (Å²) in [4.78, 5) is 12.4. The highest BCUT2D eigenvalue weighted by Crippen LogP contribution is 2.32. The van der Waals surface area contributed by atoms with Crippen molar-refractivity contribution >= 4 is 23.5 Å². The number of hydrogen-bond donors (Lipinski definition) is 2. The molecule has 0 atom stereocenters. The van der Waals surface area contributed by atoms with Crippen LogP contribution >= 0.6 is 11.8 Å². The van der Waals surface area contributed by atoms with Crippen molar-refractivity contribution in [2.45, 2.75) is 17.2 Å². The second kappa shape index (κ2) is 9.12. The molecule has 0 aromatic heterocycles. The molecule has 134 valence electrons. The molecule has 8 heteroatoms. The summed E-state index contributed by atoms with van der Waals surface area (Å²) in [6, 6.07) is 11.2. The van der Waals surface area contributed by atoms with E-state index in [1.54, 1.807) is 36.4 Å². The van der Waals surface area contributed by atoms with E-state index in [0.717, 1.165) is 5.56 Å². The molecule has 0 fully saturated rings. The lowest BCUT2D eigenvalue weighted by molar-refractivity contribution is 0.250. The van der Waals surface area contributed by atoms with E-state index in [1.165, 1.54) is 20.3 Å². The zero-order chi connectivity index (χ0) is 18.2. The topological polar surface area (TPSA) is 59.6 Å². The SMILES string of the molecule is COc1cccc(CNC(=O)Nc2ccccc2SC(F)F)c1OC. The van der Waals surface area contributed by atoms with Crippen LogP contribution in [0, 0.1) is 0 Å². The van der Waals surface area contributed by atoms with Crippen molar-refractivity contribution in [1.29, 1.82) is 0 Å². The summed E-state index contributed by atoms with van der Waals surface area (Å²) in [7, 11) is 3.04. The molecule has 0 bridgehead atoms. The summed E-state index contributed by atoms with van der Waals surface area (Å²) in [5, 5.41) is 5.25. The van der Waals surface area contributed by atoms with Crippen LogP contribution in [0.4, 0.5) is 19.3 Å². The van der Waals surface area contributed by atoms with Crippen LogP contribution in [-0.2, 0) is 6.54 Å². The van der Waals surface area contributed by atoms with Gasteiger partial charge in [-0.3, -0.25) is 0 Å². The van der Waals surface area contributed by atoms with Crippen molar-refractivity contribution in [3.63, 3.8) is 0 Å². The summed E-state index contributed by atoms with van der Waals surface area (Å²) in [6.45, 7) is 0.191. The molecule has 0 aliphatic carbocycles. The Morgan fingerprint density at radius 2 is 1.88 bits per heavy atom. The lowest BCUT2D eigenvalue weighted by Crippen LogP contribution is -2.28. The Hall–Kier alpha value is -2.48. The van der Waals surface area contributed by atoms with Gasteiger partial charge in [0.15, 0.2) is 11.5 Å². The molecule has 5 nitrogen and oxygen atoms in total. The Bertz CT molecular complexity index is 729. The zero-order valence-corrected chi connectivity index (χ0v) is 14.5. The number of rotatable bonds is 7. The van der Waals surface area contributed by atoms with Crippen LogP contribution in [-0.4, -0.2) is 26.0 Å². The third kappa shape index (κ3) is 5.25. The molecule has 2 amide bonds. The number of nitrogens with one attached hydrogen (secondary N) is 2. The van der Waals surface area contributed by atoms with Gasteiger partial charge in [-0.05, 0) is 18.2 Å². The van der Waals surface area contributed by atoms with Crippen molar-refractivity contribution in [1.82, 2.24) is 5.32 Å². The summed E-state index contributed by atoms with van der Waals surface area (Å²) in [5.74, 6) is -1.48. The number of methoxy groups -OCH3 is 2. The highest BCUT2D eigenvalue weighted by Gasteiger charge is 2.13.